The summed E-state index contributed by atoms with van der Waals surface area (Å²) >= 11 is 3.35. The van der Waals surface area contributed by atoms with Crippen LogP contribution in [-0.2, 0) is 4.74 Å². The quantitative estimate of drug-likeness (QED) is 0.364. The van der Waals surface area contributed by atoms with Crippen molar-refractivity contribution in [3.8, 4) is 5.75 Å². The SMILES string of the molecule is N/C(=N/O)c1cc(Br)ccc1OCCN1CCOCC1. The first-order chi connectivity index (χ1) is 9.70. The molecule has 0 spiro atoms. The van der Waals surface area contributed by atoms with Gasteiger partial charge >= 0.3 is 0 Å². The number of morpholine rings is 1. The van der Waals surface area contributed by atoms with E-state index in [-0.39, 0.29) is 5.84 Å². The van der Waals surface area contributed by atoms with Crippen LogP contribution in [-0.4, -0.2) is 55.4 Å². The Kier molecular flexibility index (Phi) is 5.63. The van der Waals surface area contributed by atoms with Gasteiger partial charge in [0.25, 0.3) is 0 Å². The van der Waals surface area contributed by atoms with Crippen LogP contribution in [0.15, 0.2) is 27.8 Å². The molecule has 1 saturated heterocycles. The predicted molar refractivity (Wildman–Crippen MR) is 79.4 cm³/mol. The number of hydrogen-bond donors (Lipinski definition) is 2. The van der Waals surface area contributed by atoms with Crippen molar-refractivity contribution < 1.29 is 14.7 Å². The molecule has 1 aromatic carbocycles. The maximum Gasteiger partial charge on any atom is 0.173 e. The van der Waals surface area contributed by atoms with Gasteiger partial charge in [-0.05, 0) is 18.2 Å². The number of hydrogen-bond acceptors (Lipinski definition) is 5. The van der Waals surface area contributed by atoms with Crippen molar-refractivity contribution in [2.75, 3.05) is 39.5 Å². The monoisotopic (exact) mass is 343 g/mol. The highest BCUT2D eigenvalue weighted by Crippen LogP contribution is 2.23. The first-order valence-electron chi connectivity index (χ1n) is 6.41. The van der Waals surface area contributed by atoms with Gasteiger partial charge < -0.3 is 20.4 Å². The van der Waals surface area contributed by atoms with Gasteiger partial charge in [-0.3, -0.25) is 4.90 Å². The first-order valence-corrected chi connectivity index (χ1v) is 7.20. The van der Waals surface area contributed by atoms with Crippen molar-refractivity contribution in [1.29, 1.82) is 0 Å². The molecule has 0 unspecified atom stereocenters. The number of oxime groups is 1. The first kappa shape index (κ1) is 15.1. The van der Waals surface area contributed by atoms with Crippen LogP contribution in [0, 0.1) is 0 Å². The van der Waals surface area contributed by atoms with E-state index in [0.29, 0.717) is 17.9 Å². The molecule has 0 aliphatic carbocycles. The Morgan fingerprint density at radius 1 is 1.45 bits per heavy atom. The zero-order valence-corrected chi connectivity index (χ0v) is 12.7. The molecule has 1 heterocycles. The number of ether oxygens (including phenoxy) is 2. The molecule has 110 valence electrons. The topological polar surface area (TPSA) is 80.3 Å². The number of nitrogens with two attached hydrogens (primary N) is 1. The fraction of sp³-hybridized carbons (Fsp3) is 0.462. The van der Waals surface area contributed by atoms with Crippen LogP contribution < -0.4 is 10.5 Å². The lowest BCUT2D eigenvalue weighted by Crippen LogP contribution is -2.38. The van der Waals surface area contributed by atoms with Crippen LogP contribution in [0.5, 0.6) is 5.75 Å². The lowest BCUT2D eigenvalue weighted by Gasteiger charge is -2.26. The molecule has 0 aromatic heterocycles. The summed E-state index contributed by atoms with van der Waals surface area (Å²) in [4.78, 5) is 2.28. The average Bonchev–Trinajstić information content (AvgIpc) is 2.49. The summed E-state index contributed by atoms with van der Waals surface area (Å²) in [5.41, 5.74) is 6.22. The summed E-state index contributed by atoms with van der Waals surface area (Å²) < 4.78 is 11.9. The Bertz CT molecular complexity index is 476. The van der Waals surface area contributed by atoms with E-state index in [2.05, 4.69) is 26.0 Å². The Morgan fingerprint density at radius 2 is 2.20 bits per heavy atom. The third-order valence-electron chi connectivity index (χ3n) is 3.09. The van der Waals surface area contributed by atoms with Gasteiger partial charge in [0.15, 0.2) is 5.84 Å². The standard InChI is InChI=1S/C13H18BrN3O3/c14-10-1-2-12(11(9-10)13(15)16-18)20-8-5-17-3-6-19-7-4-17/h1-2,9,18H,3-8H2,(H2,15,16). The molecule has 0 bridgehead atoms. The number of nitrogens with zero attached hydrogens (tertiary/aromatic N) is 2. The van der Waals surface area contributed by atoms with Crippen LogP contribution in [0.4, 0.5) is 0 Å². The van der Waals surface area contributed by atoms with Crippen molar-refractivity contribution >= 4 is 21.8 Å². The summed E-state index contributed by atoms with van der Waals surface area (Å²) in [6, 6.07) is 5.42. The molecule has 2 rings (SSSR count). The van der Waals surface area contributed by atoms with Crippen LogP contribution in [0.25, 0.3) is 0 Å². The lowest BCUT2D eigenvalue weighted by atomic mass is 10.2. The van der Waals surface area contributed by atoms with E-state index in [0.717, 1.165) is 37.3 Å². The zero-order chi connectivity index (χ0) is 14.4. The van der Waals surface area contributed by atoms with Crippen molar-refractivity contribution in [1.82, 2.24) is 4.90 Å². The Hall–Kier alpha value is -1.31. The molecule has 1 aromatic rings. The molecular formula is C13H18BrN3O3. The molecular weight excluding hydrogens is 326 g/mol. The number of benzene rings is 1. The largest absolute Gasteiger partial charge is 0.491 e. The fourth-order valence-corrected chi connectivity index (χ4v) is 2.35. The Labute approximate surface area is 126 Å². The molecule has 0 radical (unpaired) electrons. The van der Waals surface area contributed by atoms with E-state index in [4.69, 9.17) is 20.4 Å². The van der Waals surface area contributed by atoms with Gasteiger partial charge in [-0.2, -0.15) is 0 Å². The van der Waals surface area contributed by atoms with Gasteiger partial charge in [-0.25, -0.2) is 0 Å². The number of amidine groups is 1. The molecule has 1 fully saturated rings. The van der Waals surface area contributed by atoms with Crippen LogP contribution in [0.3, 0.4) is 0 Å². The van der Waals surface area contributed by atoms with E-state index in [1.54, 1.807) is 12.1 Å². The van der Waals surface area contributed by atoms with Gasteiger partial charge in [0.1, 0.15) is 12.4 Å². The molecule has 0 amide bonds. The maximum absolute atomic E-state index is 8.80. The molecule has 1 aliphatic heterocycles. The van der Waals surface area contributed by atoms with Crippen molar-refractivity contribution in [3.63, 3.8) is 0 Å². The van der Waals surface area contributed by atoms with Crippen LogP contribution >= 0.6 is 15.9 Å². The fourth-order valence-electron chi connectivity index (χ4n) is 1.99. The van der Waals surface area contributed by atoms with E-state index >= 15 is 0 Å². The van der Waals surface area contributed by atoms with Crippen molar-refractivity contribution in [2.24, 2.45) is 10.9 Å². The molecule has 20 heavy (non-hydrogen) atoms. The molecule has 1 aliphatic rings. The summed E-state index contributed by atoms with van der Waals surface area (Å²) in [7, 11) is 0. The minimum Gasteiger partial charge on any atom is -0.491 e. The molecule has 3 N–H and O–H groups in total. The van der Waals surface area contributed by atoms with Crippen molar-refractivity contribution in [2.45, 2.75) is 0 Å². The Morgan fingerprint density at radius 3 is 2.90 bits per heavy atom. The number of rotatable bonds is 5. The van der Waals surface area contributed by atoms with E-state index < -0.39 is 0 Å². The molecule has 7 heteroatoms. The minimum atomic E-state index is 0.0349. The normalized spacial score (nSPS) is 17.1. The van der Waals surface area contributed by atoms with Gasteiger partial charge in [0.2, 0.25) is 0 Å². The smallest absolute Gasteiger partial charge is 0.173 e. The predicted octanol–water partition coefficient (Wildman–Crippen LogP) is 1.25. The van der Waals surface area contributed by atoms with E-state index in [1.165, 1.54) is 0 Å². The molecule has 0 atom stereocenters. The number of halogens is 1. The van der Waals surface area contributed by atoms with Crippen LogP contribution in [0.1, 0.15) is 5.56 Å². The van der Waals surface area contributed by atoms with Gasteiger partial charge in [-0.15, -0.1) is 0 Å². The van der Waals surface area contributed by atoms with Gasteiger partial charge in [0, 0.05) is 24.1 Å². The highest BCUT2D eigenvalue weighted by Gasteiger charge is 2.12. The highest BCUT2D eigenvalue weighted by atomic mass is 79.9. The van der Waals surface area contributed by atoms with Crippen LogP contribution in [0.2, 0.25) is 0 Å². The second-order valence-corrected chi connectivity index (χ2v) is 5.34. The van der Waals surface area contributed by atoms with Gasteiger partial charge in [-0.1, -0.05) is 21.1 Å². The van der Waals surface area contributed by atoms with E-state index in [9.17, 15) is 0 Å². The molecule has 0 saturated carbocycles. The maximum atomic E-state index is 8.80. The molecule has 6 nitrogen and oxygen atoms in total. The summed E-state index contributed by atoms with van der Waals surface area (Å²) in [6.45, 7) is 4.78. The second kappa shape index (κ2) is 7.47. The van der Waals surface area contributed by atoms with Crippen molar-refractivity contribution in [3.05, 3.63) is 28.2 Å². The Balaban J connectivity index is 1.94. The minimum absolute atomic E-state index is 0.0349. The second-order valence-electron chi connectivity index (χ2n) is 4.43. The third kappa shape index (κ3) is 4.09. The van der Waals surface area contributed by atoms with Gasteiger partial charge in [0.05, 0.1) is 18.8 Å². The summed E-state index contributed by atoms with van der Waals surface area (Å²) in [5.74, 6) is 0.643. The van der Waals surface area contributed by atoms with E-state index in [1.807, 2.05) is 6.07 Å². The highest BCUT2D eigenvalue weighted by molar-refractivity contribution is 9.10. The summed E-state index contributed by atoms with van der Waals surface area (Å²) in [6.07, 6.45) is 0. The zero-order valence-electron chi connectivity index (χ0n) is 11.1. The third-order valence-corrected chi connectivity index (χ3v) is 3.59. The average molecular weight is 344 g/mol. The summed E-state index contributed by atoms with van der Waals surface area (Å²) in [5, 5.41) is 11.8. The lowest BCUT2D eigenvalue weighted by molar-refractivity contribution is 0.0322.